The first kappa shape index (κ1) is 51.4. The van der Waals surface area contributed by atoms with E-state index in [9.17, 15) is 44.1 Å². The smallest absolute Gasteiger partial charge is 0.339 e. The van der Waals surface area contributed by atoms with Crippen molar-refractivity contribution in [3.63, 3.8) is 0 Å². The molecular formula is C48H51N9O11S. The third-order valence-electron chi connectivity index (χ3n) is 10.00. The lowest BCUT2D eigenvalue weighted by Crippen LogP contribution is -2.49. The van der Waals surface area contributed by atoms with Crippen LogP contribution in [0.15, 0.2) is 113 Å². The van der Waals surface area contributed by atoms with Gasteiger partial charge in [-0.2, -0.15) is 0 Å². The van der Waals surface area contributed by atoms with Crippen LogP contribution in [0.4, 0.5) is 17.1 Å². The van der Waals surface area contributed by atoms with Crippen LogP contribution in [0.5, 0.6) is 23.0 Å². The third-order valence-corrected chi connectivity index (χ3v) is 10.8. The number of hydrazine groups is 1. The molecule has 69 heavy (non-hydrogen) atoms. The largest absolute Gasteiger partial charge is 0.504 e. The van der Waals surface area contributed by atoms with Gasteiger partial charge in [-0.3, -0.25) is 34.8 Å². The second-order valence-corrected chi connectivity index (χ2v) is 16.4. The number of nitrogens with zero attached hydrogens (tertiary/aromatic N) is 3. The number of aromatic nitrogens is 1. The molecule has 0 aliphatic rings. The van der Waals surface area contributed by atoms with Gasteiger partial charge in [0.1, 0.15) is 18.2 Å². The molecule has 1 atom stereocenters. The average molecular weight is 962 g/mol. The number of carbonyl (C=O) groups is 6. The van der Waals surface area contributed by atoms with E-state index in [0.717, 1.165) is 23.4 Å². The number of thiazole rings is 1. The number of carboxylic acids is 1. The van der Waals surface area contributed by atoms with Crippen molar-refractivity contribution in [1.29, 1.82) is 0 Å². The summed E-state index contributed by atoms with van der Waals surface area (Å²) in [6.45, 7) is 8.98. The summed E-state index contributed by atoms with van der Waals surface area (Å²) in [6, 6.07) is 15.0. The van der Waals surface area contributed by atoms with Crippen molar-refractivity contribution in [3.8, 4) is 23.0 Å². The molecule has 20 nitrogen and oxygen atoms in total. The van der Waals surface area contributed by atoms with E-state index in [1.807, 2.05) is 13.8 Å². The van der Waals surface area contributed by atoms with Gasteiger partial charge in [-0.05, 0) is 92.1 Å². The molecule has 0 aliphatic heterocycles. The lowest BCUT2D eigenvalue weighted by molar-refractivity contribution is -0.131. The van der Waals surface area contributed by atoms with E-state index in [1.54, 1.807) is 42.8 Å². The summed E-state index contributed by atoms with van der Waals surface area (Å²) in [5, 5.41) is 41.4. The summed E-state index contributed by atoms with van der Waals surface area (Å²) in [7, 11) is 2.37. The first-order chi connectivity index (χ1) is 33.0. The van der Waals surface area contributed by atoms with Gasteiger partial charge in [-0.15, -0.1) is 11.3 Å². The number of nitrogens with two attached hydrogens (primary N) is 1. The molecule has 4 aromatic carbocycles. The highest BCUT2D eigenvalue weighted by Gasteiger charge is 2.30. The van der Waals surface area contributed by atoms with E-state index in [2.05, 4.69) is 43.2 Å². The van der Waals surface area contributed by atoms with Gasteiger partial charge >= 0.3 is 5.97 Å². The zero-order valence-corrected chi connectivity index (χ0v) is 39.0. The number of phenols is 2. The molecule has 0 bridgehead atoms. The van der Waals surface area contributed by atoms with Gasteiger partial charge in [0.25, 0.3) is 17.7 Å². The maximum absolute atomic E-state index is 14.5. The molecule has 1 unspecified atom stereocenters. The van der Waals surface area contributed by atoms with Crippen LogP contribution in [0.2, 0.25) is 0 Å². The van der Waals surface area contributed by atoms with E-state index < -0.39 is 59.2 Å². The Morgan fingerprint density at radius 2 is 1.49 bits per heavy atom. The van der Waals surface area contributed by atoms with Crippen LogP contribution in [0, 0.1) is 5.92 Å². The minimum absolute atomic E-state index is 0.0235. The summed E-state index contributed by atoms with van der Waals surface area (Å²) >= 11 is 1.42. The van der Waals surface area contributed by atoms with Crippen LogP contribution >= 0.6 is 11.3 Å². The van der Waals surface area contributed by atoms with Crippen molar-refractivity contribution in [2.75, 3.05) is 43.3 Å². The molecule has 1 aromatic heterocycles. The highest BCUT2D eigenvalue weighted by molar-refractivity contribution is 7.16. The number of hydrogen-bond acceptors (Lipinski definition) is 15. The van der Waals surface area contributed by atoms with E-state index in [4.69, 9.17) is 15.3 Å². The third kappa shape index (κ3) is 13.1. The molecule has 0 fully saturated rings. The van der Waals surface area contributed by atoms with Crippen LogP contribution in [-0.2, 0) is 9.59 Å². The monoisotopic (exact) mass is 961 g/mol. The number of phenolic OH excluding ortho intramolecular Hbond substituents is 1. The molecule has 5 rings (SSSR count). The molecule has 0 spiro atoms. The number of hydrogen-bond donors (Lipinski definition) is 9. The maximum Gasteiger partial charge on any atom is 0.339 e. The quantitative estimate of drug-likeness (QED) is 0.0175. The molecule has 1 heterocycles. The highest BCUT2D eigenvalue weighted by atomic mass is 32.1. The van der Waals surface area contributed by atoms with Crippen molar-refractivity contribution >= 4 is 80.3 Å². The molecule has 0 saturated heterocycles. The van der Waals surface area contributed by atoms with Gasteiger partial charge in [0.2, 0.25) is 11.8 Å². The van der Waals surface area contributed by atoms with E-state index in [-0.39, 0.29) is 64.5 Å². The van der Waals surface area contributed by atoms with Crippen molar-refractivity contribution in [2.45, 2.75) is 33.2 Å². The number of benzene rings is 4. The molecular weight excluding hydrogens is 911 g/mol. The standard InChI is InChI=1S/C48H51N9O11S/c1-7-8-31(22-50-23-39(58)54-35-17-14-32(40(59)42(35)67-5)46(63)55-36-18-15-33(48(65)66)41(60)43(36)68-6)57(24-26(2)3)47(64)37(19-27(4)21-52-49)56-44(61)28-9-12-30(13-10-28)53-45(62)29-11-16-34-38(20-29)69-25-51-34/h7-18,20-22,25-26,37,52,59-60H,1,19,23-24,49H2,2-6H3,(H,53,62)(H,54,58)(H,55,63)(H,56,61)(H,65,66)/b27-21+,31-8+,50-22?. The van der Waals surface area contributed by atoms with Gasteiger partial charge in [-0.25, -0.2) is 9.78 Å². The normalized spacial score (nSPS) is 12.0. The zero-order valence-electron chi connectivity index (χ0n) is 38.2. The minimum Gasteiger partial charge on any atom is -0.504 e. The predicted octanol–water partition coefficient (Wildman–Crippen LogP) is 6.05. The van der Waals surface area contributed by atoms with Gasteiger partial charge < -0.3 is 56.4 Å². The number of ether oxygens (including phenoxy) is 2. The Labute approximate surface area is 400 Å². The zero-order chi connectivity index (χ0) is 50.4. The number of carboxylic acid groups (broad SMARTS) is 1. The lowest BCUT2D eigenvalue weighted by Gasteiger charge is -2.30. The van der Waals surface area contributed by atoms with Crippen LogP contribution < -0.4 is 42.0 Å². The lowest BCUT2D eigenvalue weighted by atomic mass is 10.0. The van der Waals surface area contributed by atoms with E-state index in [0.29, 0.717) is 16.8 Å². The molecule has 10 N–H and O–H groups in total. The first-order valence-corrected chi connectivity index (χ1v) is 21.8. The SMILES string of the molecule is C=C/C=C(\C=NCC(=O)Nc1ccc(C(=O)Nc2ccc(C(=O)O)c(O)c2OC)c(O)c1OC)N(CC(C)C)C(=O)C(C/C(C)=C/NN)NC(=O)c1ccc(NC(=O)c2ccc3ncsc3c2)cc1. The summed E-state index contributed by atoms with van der Waals surface area (Å²) in [5.41, 5.74) is 6.05. The van der Waals surface area contributed by atoms with Gasteiger partial charge in [0.05, 0.1) is 52.6 Å². The summed E-state index contributed by atoms with van der Waals surface area (Å²) in [5.74, 6) is -0.933. The fourth-order valence-electron chi connectivity index (χ4n) is 6.78. The fraction of sp³-hybridized carbons (Fsp3) is 0.208. The fourth-order valence-corrected chi connectivity index (χ4v) is 7.49. The maximum atomic E-state index is 14.5. The Hall–Kier alpha value is -8.56. The number of aromatic hydroxyl groups is 2. The van der Waals surface area contributed by atoms with Gasteiger partial charge in [-0.1, -0.05) is 32.1 Å². The predicted molar refractivity (Wildman–Crippen MR) is 262 cm³/mol. The molecule has 5 amide bonds. The number of nitrogens with one attached hydrogen (secondary N) is 5. The molecule has 360 valence electrons. The topological polar surface area (TPSA) is 296 Å². The number of amides is 5. The van der Waals surface area contributed by atoms with Crippen molar-refractivity contribution in [1.82, 2.24) is 20.6 Å². The number of rotatable bonds is 21. The van der Waals surface area contributed by atoms with Crippen molar-refractivity contribution in [2.24, 2.45) is 16.8 Å². The molecule has 0 saturated carbocycles. The van der Waals surface area contributed by atoms with Crippen LogP contribution in [0.25, 0.3) is 10.2 Å². The average Bonchev–Trinajstić information content (AvgIpc) is 3.79. The van der Waals surface area contributed by atoms with Crippen molar-refractivity contribution < 1.29 is 53.6 Å². The Morgan fingerprint density at radius 3 is 2.12 bits per heavy atom. The highest BCUT2D eigenvalue weighted by Crippen LogP contribution is 2.40. The number of fused-ring (bicyclic) bond motifs is 1. The number of carbonyl (C=O) groups excluding carboxylic acids is 5. The second kappa shape index (κ2) is 23.8. The molecule has 5 aromatic rings. The number of aliphatic imine (C=N–C) groups is 1. The minimum atomic E-state index is -1.42. The Bertz CT molecular complexity index is 2860. The van der Waals surface area contributed by atoms with Gasteiger partial charge in [0, 0.05) is 35.8 Å². The Kier molecular flexibility index (Phi) is 17.7. The van der Waals surface area contributed by atoms with Crippen LogP contribution in [0.3, 0.4) is 0 Å². The van der Waals surface area contributed by atoms with Crippen LogP contribution in [0.1, 0.15) is 68.6 Å². The summed E-state index contributed by atoms with van der Waals surface area (Å²) in [4.78, 5) is 89.1. The molecule has 0 aliphatic carbocycles. The Morgan fingerprint density at radius 1 is 0.855 bits per heavy atom. The number of allylic oxidation sites excluding steroid dienone is 3. The first-order valence-electron chi connectivity index (χ1n) is 21.0. The van der Waals surface area contributed by atoms with Crippen molar-refractivity contribution in [3.05, 3.63) is 131 Å². The number of methoxy groups -OCH3 is 2. The second-order valence-electron chi connectivity index (χ2n) is 15.5. The summed E-state index contributed by atoms with van der Waals surface area (Å²) < 4.78 is 11.3. The Balaban J connectivity index is 1.29. The van der Waals surface area contributed by atoms with E-state index in [1.165, 1.54) is 78.2 Å². The number of aromatic carboxylic acids is 1. The van der Waals surface area contributed by atoms with E-state index >= 15 is 0 Å². The molecule has 21 heteroatoms. The van der Waals surface area contributed by atoms with Gasteiger partial charge in [0.15, 0.2) is 23.0 Å². The molecule has 0 radical (unpaired) electrons. The van der Waals surface area contributed by atoms with Crippen LogP contribution in [-0.4, -0.2) is 100 Å². The summed E-state index contributed by atoms with van der Waals surface area (Å²) in [6.07, 6.45) is 5.82. The number of anilines is 3.